The van der Waals surface area contributed by atoms with E-state index in [1.165, 1.54) is 22.5 Å². The van der Waals surface area contributed by atoms with Crippen molar-refractivity contribution in [2.24, 2.45) is 0 Å². The summed E-state index contributed by atoms with van der Waals surface area (Å²) in [5.74, 6) is 0. The molecule has 1 nitrogen and oxygen atoms in total. The summed E-state index contributed by atoms with van der Waals surface area (Å²) < 4.78 is 0.905. The number of hydrogen-bond donors (Lipinski definition) is 0. The normalized spacial score (nSPS) is 19.1. The van der Waals surface area contributed by atoms with E-state index in [0.29, 0.717) is 0 Å². The maximum absolute atomic E-state index is 2.24. The van der Waals surface area contributed by atoms with Gasteiger partial charge in [0.05, 0.1) is 14.1 Å². The second-order valence-corrected chi connectivity index (χ2v) is 4.18. The van der Waals surface area contributed by atoms with E-state index in [-0.39, 0.29) is 0 Å². The highest BCUT2D eigenvalue weighted by atomic mass is 15.3. The van der Waals surface area contributed by atoms with Crippen molar-refractivity contribution in [2.45, 2.75) is 13.8 Å². The molecular weight excluding hydrogens is 158 g/mol. The summed E-state index contributed by atoms with van der Waals surface area (Å²) in [6.45, 7) is 4.43. The summed E-state index contributed by atoms with van der Waals surface area (Å²) in [6, 6.07) is 8.65. The van der Waals surface area contributed by atoms with Crippen molar-refractivity contribution < 1.29 is 0 Å². The van der Waals surface area contributed by atoms with Crippen molar-refractivity contribution in [1.82, 2.24) is 4.48 Å². The molecule has 0 radical (unpaired) electrons. The zero-order chi connectivity index (χ0) is 9.64. The van der Waals surface area contributed by atoms with Gasteiger partial charge in [0.2, 0.25) is 0 Å². The van der Waals surface area contributed by atoms with Crippen LogP contribution in [0, 0.1) is 0 Å². The standard InChI is InChI=1S/C12H16N/c1-9-10(2)13(3,4)12-8-6-5-7-11(9)12/h5-8H,1-4H3/q+1. The van der Waals surface area contributed by atoms with E-state index < -0.39 is 0 Å². The molecule has 0 aromatic heterocycles. The van der Waals surface area contributed by atoms with E-state index in [0.717, 1.165) is 4.48 Å². The fourth-order valence-electron chi connectivity index (χ4n) is 2.07. The molecule has 1 aromatic rings. The topological polar surface area (TPSA) is 0 Å². The smallest absolute Gasteiger partial charge is 0.145 e. The number of quaternary nitrogens is 1. The minimum atomic E-state index is 0.905. The van der Waals surface area contributed by atoms with Gasteiger partial charge in [0.15, 0.2) is 0 Å². The van der Waals surface area contributed by atoms with Crippen LogP contribution >= 0.6 is 0 Å². The predicted molar refractivity (Wildman–Crippen MR) is 58.4 cm³/mol. The maximum Gasteiger partial charge on any atom is 0.145 e. The van der Waals surface area contributed by atoms with Crippen LogP contribution in [0.4, 0.5) is 5.69 Å². The van der Waals surface area contributed by atoms with Crippen LogP contribution in [-0.2, 0) is 0 Å². The Morgan fingerprint density at radius 1 is 1.00 bits per heavy atom. The lowest BCUT2D eigenvalue weighted by Gasteiger charge is -2.25. The number of rotatable bonds is 0. The average Bonchev–Trinajstić information content (AvgIpc) is 2.30. The molecule has 0 amide bonds. The molecule has 0 aliphatic carbocycles. The molecule has 1 aliphatic rings. The minimum absolute atomic E-state index is 0.905. The maximum atomic E-state index is 2.24. The molecule has 0 N–H and O–H groups in total. The third-order valence-electron chi connectivity index (χ3n) is 3.29. The molecule has 13 heavy (non-hydrogen) atoms. The number of allylic oxidation sites excluding steroid dienone is 2. The van der Waals surface area contributed by atoms with Crippen molar-refractivity contribution in [1.29, 1.82) is 0 Å². The zero-order valence-electron chi connectivity index (χ0n) is 8.76. The van der Waals surface area contributed by atoms with Crippen molar-refractivity contribution >= 4 is 11.3 Å². The van der Waals surface area contributed by atoms with E-state index in [1.54, 1.807) is 0 Å². The van der Waals surface area contributed by atoms with Gasteiger partial charge in [-0.2, -0.15) is 0 Å². The lowest BCUT2D eigenvalue weighted by molar-refractivity contribution is 0.507. The second kappa shape index (κ2) is 2.46. The van der Waals surface area contributed by atoms with Crippen LogP contribution in [0.3, 0.4) is 0 Å². The Bertz CT molecular complexity index is 386. The molecular formula is C12H16N+. The molecule has 0 fully saturated rings. The number of fused-ring (bicyclic) bond motifs is 1. The predicted octanol–water partition coefficient (Wildman–Crippen LogP) is 3.02. The lowest BCUT2D eigenvalue weighted by atomic mass is 10.1. The van der Waals surface area contributed by atoms with Crippen molar-refractivity contribution in [2.75, 3.05) is 14.1 Å². The van der Waals surface area contributed by atoms with Gasteiger partial charge in [-0.15, -0.1) is 0 Å². The quantitative estimate of drug-likeness (QED) is 0.530. The molecule has 0 unspecified atom stereocenters. The molecule has 0 saturated heterocycles. The number of nitrogens with zero attached hydrogens (tertiary/aromatic N) is 1. The largest absolute Gasteiger partial charge is 0.267 e. The average molecular weight is 174 g/mol. The van der Waals surface area contributed by atoms with Crippen LogP contribution in [0.5, 0.6) is 0 Å². The van der Waals surface area contributed by atoms with E-state index in [4.69, 9.17) is 0 Å². The fraction of sp³-hybridized carbons (Fsp3) is 0.333. The first-order valence-corrected chi connectivity index (χ1v) is 4.67. The van der Waals surface area contributed by atoms with Gasteiger partial charge in [-0.05, 0) is 13.0 Å². The van der Waals surface area contributed by atoms with Crippen LogP contribution in [0.2, 0.25) is 0 Å². The molecule has 68 valence electrons. The van der Waals surface area contributed by atoms with Crippen LogP contribution in [0.25, 0.3) is 5.57 Å². The van der Waals surface area contributed by atoms with Gasteiger partial charge in [0, 0.05) is 24.1 Å². The summed E-state index contributed by atoms with van der Waals surface area (Å²) in [5, 5.41) is 0. The molecule has 0 atom stereocenters. The molecule has 1 aliphatic heterocycles. The van der Waals surface area contributed by atoms with Crippen molar-refractivity contribution in [3.8, 4) is 0 Å². The summed E-state index contributed by atoms with van der Waals surface area (Å²) in [6.07, 6.45) is 0. The molecule has 1 aromatic carbocycles. The minimum Gasteiger partial charge on any atom is -0.267 e. The Labute approximate surface area is 79.9 Å². The molecule has 2 rings (SSSR count). The monoisotopic (exact) mass is 174 g/mol. The zero-order valence-corrected chi connectivity index (χ0v) is 8.76. The van der Waals surface area contributed by atoms with Crippen LogP contribution in [0.15, 0.2) is 30.0 Å². The van der Waals surface area contributed by atoms with Crippen molar-refractivity contribution in [3.05, 3.63) is 35.5 Å². The first-order chi connectivity index (χ1) is 6.05. The number of benzene rings is 1. The van der Waals surface area contributed by atoms with Gasteiger partial charge in [0.25, 0.3) is 0 Å². The summed E-state index contributed by atoms with van der Waals surface area (Å²) in [5.41, 5.74) is 5.70. The molecule has 0 saturated carbocycles. The summed E-state index contributed by atoms with van der Waals surface area (Å²) in [7, 11) is 4.48. The van der Waals surface area contributed by atoms with Gasteiger partial charge in [-0.1, -0.05) is 12.1 Å². The van der Waals surface area contributed by atoms with E-state index in [1.807, 2.05) is 0 Å². The van der Waals surface area contributed by atoms with E-state index >= 15 is 0 Å². The third-order valence-corrected chi connectivity index (χ3v) is 3.29. The first kappa shape index (κ1) is 8.52. The van der Waals surface area contributed by atoms with Crippen molar-refractivity contribution in [3.63, 3.8) is 0 Å². The highest BCUT2D eigenvalue weighted by molar-refractivity contribution is 5.83. The SMILES string of the molecule is CC1=C(C)[N+](C)(C)c2ccccc21. The highest BCUT2D eigenvalue weighted by Gasteiger charge is 2.33. The highest BCUT2D eigenvalue weighted by Crippen LogP contribution is 2.41. The van der Waals surface area contributed by atoms with Crippen LogP contribution < -0.4 is 4.48 Å². The first-order valence-electron chi connectivity index (χ1n) is 4.67. The van der Waals surface area contributed by atoms with Crippen LogP contribution in [0.1, 0.15) is 19.4 Å². The van der Waals surface area contributed by atoms with Gasteiger partial charge in [-0.25, -0.2) is 0 Å². The second-order valence-electron chi connectivity index (χ2n) is 4.18. The summed E-state index contributed by atoms with van der Waals surface area (Å²) >= 11 is 0. The number of para-hydroxylation sites is 1. The van der Waals surface area contributed by atoms with Gasteiger partial charge < -0.3 is 0 Å². The van der Waals surface area contributed by atoms with Gasteiger partial charge in [0.1, 0.15) is 11.4 Å². The Hall–Kier alpha value is -1.08. The molecule has 0 bridgehead atoms. The Morgan fingerprint density at radius 2 is 1.62 bits per heavy atom. The van der Waals surface area contributed by atoms with E-state index in [9.17, 15) is 0 Å². The fourth-order valence-corrected chi connectivity index (χ4v) is 2.07. The third kappa shape index (κ3) is 0.971. The Balaban J connectivity index is 2.74. The van der Waals surface area contributed by atoms with Crippen LogP contribution in [-0.4, -0.2) is 14.1 Å². The molecule has 1 heterocycles. The van der Waals surface area contributed by atoms with Gasteiger partial charge in [-0.3, -0.25) is 4.48 Å². The molecule has 1 heteroatoms. The summed E-state index contributed by atoms with van der Waals surface area (Å²) in [4.78, 5) is 0. The number of hydrogen-bond acceptors (Lipinski definition) is 0. The van der Waals surface area contributed by atoms with E-state index in [2.05, 4.69) is 52.2 Å². The molecule has 0 spiro atoms. The Morgan fingerprint density at radius 3 is 2.23 bits per heavy atom. The lowest BCUT2D eigenvalue weighted by Crippen LogP contribution is -2.35. The Kier molecular flexibility index (Phi) is 1.61. The van der Waals surface area contributed by atoms with Gasteiger partial charge >= 0.3 is 0 Å².